The van der Waals surface area contributed by atoms with Crippen molar-refractivity contribution in [3.05, 3.63) is 0 Å². The van der Waals surface area contributed by atoms with Crippen LogP contribution in [0, 0.1) is 0 Å². The summed E-state index contributed by atoms with van der Waals surface area (Å²) in [4.78, 5) is 7.39. The fraction of sp³-hybridized carbons (Fsp3) is 0.944. The van der Waals surface area contributed by atoms with Gasteiger partial charge < -0.3 is 25.0 Å². The van der Waals surface area contributed by atoms with Gasteiger partial charge in [0, 0.05) is 58.8 Å². The monoisotopic (exact) mass is 468 g/mol. The Labute approximate surface area is 170 Å². The molecule has 0 aliphatic carbocycles. The summed E-state index contributed by atoms with van der Waals surface area (Å²) in [5, 5.41) is 7.01. The van der Waals surface area contributed by atoms with Crippen LogP contribution in [0.3, 0.4) is 0 Å². The standard InChI is InChI=1S/C18H36N4O2.HI/c1-4-10-22-11-6-16(7-12-22)21-17(19-5-2)20-15-18(23-3)8-13-24-14-9-18;/h16H,4-15H2,1-3H3,(H2,19,20,21);1H. The number of likely N-dealkylation sites (tertiary alicyclic amines) is 1. The molecule has 0 amide bonds. The molecule has 0 atom stereocenters. The molecule has 0 aromatic rings. The van der Waals surface area contributed by atoms with Crippen molar-refractivity contribution < 1.29 is 9.47 Å². The molecule has 0 radical (unpaired) electrons. The Morgan fingerprint density at radius 1 is 1.24 bits per heavy atom. The highest BCUT2D eigenvalue weighted by Crippen LogP contribution is 2.24. The van der Waals surface area contributed by atoms with E-state index in [1.165, 1.54) is 38.9 Å². The minimum absolute atomic E-state index is 0. The maximum Gasteiger partial charge on any atom is 0.191 e. The number of nitrogens with one attached hydrogen (secondary N) is 2. The third kappa shape index (κ3) is 7.56. The van der Waals surface area contributed by atoms with Crippen molar-refractivity contribution in [3.8, 4) is 0 Å². The van der Waals surface area contributed by atoms with Gasteiger partial charge in [-0.25, -0.2) is 0 Å². The lowest BCUT2D eigenvalue weighted by Gasteiger charge is -2.35. The summed E-state index contributed by atoms with van der Waals surface area (Å²) in [6.45, 7) is 11.1. The van der Waals surface area contributed by atoms with Crippen LogP contribution in [0.15, 0.2) is 4.99 Å². The SMILES string of the molecule is CCCN1CCC(NC(=NCC2(OC)CCOCC2)NCC)CC1.I. The van der Waals surface area contributed by atoms with Gasteiger partial charge in [-0.2, -0.15) is 0 Å². The maximum atomic E-state index is 5.79. The second-order valence-electron chi connectivity index (χ2n) is 6.95. The third-order valence-electron chi connectivity index (χ3n) is 5.17. The summed E-state index contributed by atoms with van der Waals surface area (Å²) < 4.78 is 11.3. The Balaban J connectivity index is 0.00000312. The fourth-order valence-electron chi connectivity index (χ4n) is 3.52. The highest BCUT2D eigenvalue weighted by Gasteiger charge is 2.32. The van der Waals surface area contributed by atoms with Crippen molar-refractivity contribution in [2.24, 2.45) is 4.99 Å². The first kappa shape index (κ1) is 22.9. The predicted molar refractivity (Wildman–Crippen MR) is 114 cm³/mol. The number of ether oxygens (including phenoxy) is 2. The van der Waals surface area contributed by atoms with E-state index >= 15 is 0 Å². The van der Waals surface area contributed by atoms with E-state index in [-0.39, 0.29) is 29.6 Å². The molecule has 148 valence electrons. The molecule has 2 aliphatic rings. The number of methoxy groups -OCH3 is 1. The Bertz CT molecular complexity index is 381. The molecule has 0 saturated carbocycles. The molecule has 2 rings (SSSR count). The molecule has 0 aromatic carbocycles. The Hall–Kier alpha value is -0.120. The molecule has 2 N–H and O–H groups in total. The van der Waals surface area contributed by atoms with E-state index in [0.29, 0.717) is 12.6 Å². The van der Waals surface area contributed by atoms with Gasteiger partial charge in [0.15, 0.2) is 5.96 Å². The van der Waals surface area contributed by atoms with Gasteiger partial charge in [-0.3, -0.25) is 4.99 Å². The number of aliphatic imine (C=N–C) groups is 1. The zero-order valence-corrected chi connectivity index (χ0v) is 18.5. The molecule has 2 aliphatic heterocycles. The number of guanidine groups is 1. The van der Waals surface area contributed by atoms with Crippen molar-refractivity contribution in [2.75, 3.05) is 53.0 Å². The zero-order chi connectivity index (χ0) is 17.3. The smallest absolute Gasteiger partial charge is 0.191 e. The molecule has 0 unspecified atom stereocenters. The van der Waals surface area contributed by atoms with Crippen molar-refractivity contribution in [1.29, 1.82) is 0 Å². The third-order valence-corrected chi connectivity index (χ3v) is 5.17. The maximum absolute atomic E-state index is 5.79. The van der Waals surface area contributed by atoms with E-state index in [1.807, 2.05) is 0 Å². The Morgan fingerprint density at radius 3 is 2.48 bits per heavy atom. The molecule has 0 aromatic heterocycles. The van der Waals surface area contributed by atoms with Crippen molar-refractivity contribution in [2.45, 2.75) is 57.6 Å². The van der Waals surface area contributed by atoms with Gasteiger partial charge >= 0.3 is 0 Å². The molecule has 0 bridgehead atoms. The van der Waals surface area contributed by atoms with Crippen molar-refractivity contribution in [1.82, 2.24) is 15.5 Å². The van der Waals surface area contributed by atoms with Crippen LogP contribution < -0.4 is 10.6 Å². The van der Waals surface area contributed by atoms with Gasteiger partial charge in [-0.15, -0.1) is 24.0 Å². The first-order chi connectivity index (χ1) is 11.7. The second kappa shape index (κ2) is 12.3. The van der Waals surface area contributed by atoms with Gasteiger partial charge in [-0.1, -0.05) is 6.92 Å². The van der Waals surface area contributed by atoms with Crippen LogP contribution in [0.4, 0.5) is 0 Å². The number of piperidine rings is 1. The van der Waals surface area contributed by atoms with E-state index in [2.05, 4.69) is 29.4 Å². The average molecular weight is 468 g/mol. The topological polar surface area (TPSA) is 58.1 Å². The van der Waals surface area contributed by atoms with Gasteiger partial charge in [-0.05, 0) is 32.7 Å². The zero-order valence-electron chi connectivity index (χ0n) is 16.2. The molecule has 7 heteroatoms. The van der Waals surface area contributed by atoms with Crippen molar-refractivity contribution in [3.63, 3.8) is 0 Å². The van der Waals surface area contributed by atoms with Crippen LogP contribution in [0.5, 0.6) is 0 Å². The normalized spacial score (nSPS) is 22.3. The Morgan fingerprint density at radius 2 is 1.92 bits per heavy atom. The van der Waals surface area contributed by atoms with Gasteiger partial charge in [0.1, 0.15) is 0 Å². The number of halogens is 1. The molecule has 0 spiro atoms. The van der Waals surface area contributed by atoms with Gasteiger partial charge in [0.05, 0.1) is 12.1 Å². The molecule has 6 nitrogen and oxygen atoms in total. The molecule has 2 heterocycles. The van der Waals surface area contributed by atoms with E-state index in [4.69, 9.17) is 14.5 Å². The Kier molecular flexibility index (Phi) is 11.3. The summed E-state index contributed by atoms with van der Waals surface area (Å²) in [7, 11) is 1.80. The lowest BCUT2D eigenvalue weighted by molar-refractivity contribution is -0.0828. The molecular weight excluding hydrogens is 431 g/mol. The quantitative estimate of drug-likeness (QED) is 0.341. The summed E-state index contributed by atoms with van der Waals surface area (Å²) in [5.74, 6) is 0.925. The van der Waals surface area contributed by atoms with E-state index < -0.39 is 0 Å². The van der Waals surface area contributed by atoms with E-state index in [9.17, 15) is 0 Å². The molecule has 2 fully saturated rings. The molecule has 2 saturated heterocycles. The summed E-state index contributed by atoms with van der Waals surface area (Å²) in [5.41, 5.74) is -0.162. The summed E-state index contributed by atoms with van der Waals surface area (Å²) >= 11 is 0. The van der Waals surface area contributed by atoms with Crippen LogP contribution in [-0.4, -0.2) is 75.5 Å². The lowest BCUT2D eigenvalue weighted by Crippen LogP contribution is -2.49. The lowest BCUT2D eigenvalue weighted by atomic mass is 9.94. The summed E-state index contributed by atoms with van der Waals surface area (Å²) in [6.07, 6.45) is 5.45. The minimum Gasteiger partial charge on any atom is -0.381 e. The highest BCUT2D eigenvalue weighted by molar-refractivity contribution is 14.0. The first-order valence-electron chi connectivity index (χ1n) is 9.61. The minimum atomic E-state index is -0.162. The predicted octanol–water partition coefficient (Wildman–Crippen LogP) is 2.23. The summed E-state index contributed by atoms with van der Waals surface area (Å²) in [6, 6.07) is 0.518. The van der Waals surface area contributed by atoms with Crippen LogP contribution in [0.25, 0.3) is 0 Å². The fourth-order valence-corrected chi connectivity index (χ4v) is 3.52. The van der Waals surface area contributed by atoms with Crippen molar-refractivity contribution >= 4 is 29.9 Å². The second-order valence-corrected chi connectivity index (χ2v) is 6.95. The average Bonchev–Trinajstić information content (AvgIpc) is 2.62. The van der Waals surface area contributed by atoms with E-state index in [0.717, 1.165) is 38.6 Å². The number of nitrogens with zero attached hydrogens (tertiary/aromatic N) is 2. The molecule has 25 heavy (non-hydrogen) atoms. The van der Waals surface area contributed by atoms with Gasteiger partial charge in [0.2, 0.25) is 0 Å². The number of hydrogen-bond donors (Lipinski definition) is 2. The van der Waals surface area contributed by atoms with Gasteiger partial charge in [0.25, 0.3) is 0 Å². The largest absolute Gasteiger partial charge is 0.381 e. The van der Waals surface area contributed by atoms with Crippen LogP contribution in [0.1, 0.15) is 46.0 Å². The molecular formula is C18H37IN4O2. The number of hydrogen-bond acceptors (Lipinski definition) is 4. The number of rotatable bonds is 7. The van der Waals surface area contributed by atoms with Crippen LogP contribution >= 0.6 is 24.0 Å². The van der Waals surface area contributed by atoms with Crippen LogP contribution in [-0.2, 0) is 9.47 Å². The van der Waals surface area contributed by atoms with Crippen LogP contribution in [0.2, 0.25) is 0 Å². The highest BCUT2D eigenvalue weighted by atomic mass is 127. The van der Waals surface area contributed by atoms with E-state index in [1.54, 1.807) is 7.11 Å². The first-order valence-corrected chi connectivity index (χ1v) is 9.61.